The van der Waals surface area contributed by atoms with E-state index in [1.54, 1.807) is 12.1 Å². The molecule has 6 nitrogen and oxygen atoms in total. The van der Waals surface area contributed by atoms with Gasteiger partial charge in [-0.2, -0.15) is 4.37 Å². The SMILES string of the molecule is Cc1ccccc1N1CCN(C(=O)C2CCN(c3nc(Cc4ccc(F)cc4)ns3)CC2)CC1. The summed E-state index contributed by atoms with van der Waals surface area (Å²) < 4.78 is 17.6. The van der Waals surface area contributed by atoms with E-state index in [2.05, 4.69) is 50.3 Å². The van der Waals surface area contributed by atoms with Crippen LogP contribution in [0.1, 0.15) is 29.8 Å². The van der Waals surface area contributed by atoms with E-state index in [1.165, 1.54) is 34.9 Å². The van der Waals surface area contributed by atoms with Gasteiger partial charge >= 0.3 is 0 Å². The highest BCUT2D eigenvalue weighted by molar-refractivity contribution is 7.09. The van der Waals surface area contributed by atoms with Crippen molar-refractivity contribution in [3.63, 3.8) is 0 Å². The van der Waals surface area contributed by atoms with Crippen LogP contribution in [0, 0.1) is 18.7 Å². The molecule has 3 aromatic rings. The van der Waals surface area contributed by atoms with Crippen LogP contribution in [-0.2, 0) is 11.2 Å². The van der Waals surface area contributed by atoms with Crippen molar-refractivity contribution in [2.24, 2.45) is 5.92 Å². The zero-order chi connectivity index (χ0) is 23.5. The minimum atomic E-state index is -0.235. The molecule has 0 atom stereocenters. The van der Waals surface area contributed by atoms with Gasteiger partial charge in [-0.3, -0.25) is 4.79 Å². The number of halogens is 1. The van der Waals surface area contributed by atoms with Crippen LogP contribution < -0.4 is 9.80 Å². The minimum absolute atomic E-state index is 0.0906. The minimum Gasteiger partial charge on any atom is -0.368 e. The third kappa shape index (κ3) is 5.06. The van der Waals surface area contributed by atoms with Gasteiger partial charge in [0.05, 0.1) is 0 Å². The number of carbonyl (C=O) groups excluding carboxylic acids is 1. The van der Waals surface area contributed by atoms with Gasteiger partial charge in [-0.05, 0) is 49.1 Å². The summed E-state index contributed by atoms with van der Waals surface area (Å²) in [5, 5.41) is 0.912. The Morgan fingerprint density at radius 1 is 0.971 bits per heavy atom. The summed E-state index contributed by atoms with van der Waals surface area (Å²) in [6.45, 7) is 7.14. The summed E-state index contributed by atoms with van der Waals surface area (Å²) in [5.74, 6) is 0.920. The second kappa shape index (κ2) is 10.1. The molecule has 1 amide bonds. The lowest BCUT2D eigenvalue weighted by molar-refractivity contribution is -0.136. The molecule has 2 aromatic carbocycles. The lowest BCUT2D eigenvalue weighted by Gasteiger charge is -2.39. The number of carbonyl (C=O) groups is 1. The largest absolute Gasteiger partial charge is 0.368 e. The molecule has 1 aromatic heterocycles. The van der Waals surface area contributed by atoms with Crippen molar-refractivity contribution in [3.8, 4) is 0 Å². The third-order valence-corrected chi connectivity index (χ3v) is 7.71. The van der Waals surface area contributed by atoms with Gasteiger partial charge in [0, 0.05) is 68.8 Å². The highest BCUT2D eigenvalue weighted by Crippen LogP contribution is 2.27. The predicted octanol–water partition coefficient (Wildman–Crippen LogP) is 4.14. The van der Waals surface area contributed by atoms with E-state index in [9.17, 15) is 9.18 Å². The first kappa shape index (κ1) is 22.8. The summed E-state index contributed by atoms with van der Waals surface area (Å²) in [6, 6.07) is 14.9. The monoisotopic (exact) mass is 479 g/mol. The first-order chi connectivity index (χ1) is 16.6. The Morgan fingerprint density at radius 3 is 2.38 bits per heavy atom. The number of piperidine rings is 1. The van der Waals surface area contributed by atoms with Crippen molar-refractivity contribution in [3.05, 3.63) is 71.3 Å². The van der Waals surface area contributed by atoms with E-state index in [4.69, 9.17) is 4.98 Å². The second-order valence-corrected chi connectivity index (χ2v) is 9.89. The van der Waals surface area contributed by atoms with Crippen molar-refractivity contribution in [1.82, 2.24) is 14.3 Å². The summed E-state index contributed by atoms with van der Waals surface area (Å²) in [6.07, 6.45) is 2.30. The normalized spacial score (nSPS) is 17.3. The van der Waals surface area contributed by atoms with Gasteiger partial charge < -0.3 is 14.7 Å². The fourth-order valence-corrected chi connectivity index (χ4v) is 5.63. The highest BCUT2D eigenvalue weighted by atomic mass is 32.1. The fraction of sp³-hybridized carbons (Fsp3) is 0.423. The van der Waals surface area contributed by atoms with E-state index in [1.807, 2.05) is 0 Å². The number of hydrogen-bond acceptors (Lipinski definition) is 6. The molecule has 3 heterocycles. The van der Waals surface area contributed by atoms with Crippen molar-refractivity contribution in [2.45, 2.75) is 26.2 Å². The first-order valence-electron chi connectivity index (χ1n) is 12.0. The number of para-hydroxylation sites is 1. The Morgan fingerprint density at radius 2 is 1.68 bits per heavy atom. The second-order valence-electron chi connectivity index (χ2n) is 9.16. The lowest BCUT2D eigenvalue weighted by Crippen LogP contribution is -2.51. The van der Waals surface area contributed by atoms with Gasteiger partial charge in [-0.25, -0.2) is 9.37 Å². The molecular weight excluding hydrogens is 449 g/mol. The van der Waals surface area contributed by atoms with Gasteiger partial charge in [-0.15, -0.1) is 0 Å². The summed E-state index contributed by atoms with van der Waals surface area (Å²) in [7, 11) is 0. The number of rotatable bonds is 5. The van der Waals surface area contributed by atoms with Crippen LogP contribution in [0.5, 0.6) is 0 Å². The highest BCUT2D eigenvalue weighted by Gasteiger charge is 2.31. The standard InChI is InChI=1S/C26H30FN5OS/c1-19-4-2-3-5-23(19)30-14-16-31(17-15-30)25(33)21-10-12-32(13-11-21)26-28-24(29-34-26)18-20-6-8-22(27)9-7-20/h2-9,21H,10-18H2,1H3. The van der Waals surface area contributed by atoms with E-state index < -0.39 is 0 Å². The molecule has 5 rings (SSSR count). The molecule has 0 radical (unpaired) electrons. The van der Waals surface area contributed by atoms with Crippen LogP contribution >= 0.6 is 11.5 Å². The van der Waals surface area contributed by atoms with Gasteiger partial charge in [0.15, 0.2) is 0 Å². The third-order valence-electron chi connectivity index (χ3n) is 6.90. The van der Waals surface area contributed by atoms with Crippen LogP contribution in [0.2, 0.25) is 0 Å². The number of amides is 1. The maximum atomic E-state index is 13.2. The topological polar surface area (TPSA) is 52.6 Å². The van der Waals surface area contributed by atoms with Gasteiger partial charge in [0.2, 0.25) is 11.0 Å². The number of aromatic nitrogens is 2. The number of benzene rings is 2. The van der Waals surface area contributed by atoms with Gasteiger partial charge in [0.25, 0.3) is 0 Å². The Bertz CT molecular complexity index is 1120. The molecule has 2 aliphatic heterocycles. The molecule has 0 aliphatic carbocycles. The summed E-state index contributed by atoms with van der Waals surface area (Å²) in [5.41, 5.74) is 3.56. The van der Waals surface area contributed by atoms with E-state index in [0.717, 1.165) is 68.6 Å². The Kier molecular flexibility index (Phi) is 6.76. The average molecular weight is 480 g/mol. The molecule has 8 heteroatoms. The molecule has 2 saturated heterocycles. The molecule has 2 fully saturated rings. The first-order valence-corrected chi connectivity index (χ1v) is 12.8. The van der Waals surface area contributed by atoms with E-state index in [-0.39, 0.29) is 11.7 Å². The summed E-state index contributed by atoms with van der Waals surface area (Å²) in [4.78, 5) is 24.6. The number of nitrogens with zero attached hydrogens (tertiary/aromatic N) is 5. The van der Waals surface area contributed by atoms with Crippen molar-refractivity contribution < 1.29 is 9.18 Å². The van der Waals surface area contributed by atoms with Crippen molar-refractivity contribution in [1.29, 1.82) is 0 Å². The zero-order valence-electron chi connectivity index (χ0n) is 19.5. The Labute approximate surface area is 204 Å². The van der Waals surface area contributed by atoms with E-state index in [0.29, 0.717) is 12.3 Å². The lowest BCUT2D eigenvalue weighted by atomic mass is 9.95. The molecular formula is C26H30FN5OS. The molecule has 34 heavy (non-hydrogen) atoms. The number of hydrogen-bond donors (Lipinski definition) is 0. The fourth-order valence-electron chi connectivity index (χ4n) is 4.89. The summed E-state index contributed by atoms with van der Waals surface area (Å²) >= 11 is 1.41. The van der Waals surface area contributed by atoms with Crippen LogP contribution in [0.25, 0.3) is 0 Å². The Balaban J connectivity index is 1.11. The molecule has 2 aliphatic rings. The van der Waals surface area contributed by atoms with E-state index >= 15 is 0 Å². The van der Waals surface area contributed by atoms with Crippen molar-refractivity contribution in [2.75, 3.05) is 49.1 Å². The van der Waals surface area contributed by atoms with Crippen LogP contribution in [0.4, 0.5) is 15.2 Å². The molecule has 0 saturated carbocycles. The van der Waals surface area contributed by atoms with Crippen LogP contribution in [0.15, 0.2) is 48.5 Å². The van der Waals surface area contributed by atoms with Crippen LogP contribution in [-0.4, -0.2) is 59.4 Å². The molecule has 0 unspecified atom stereocenters. The zero-order valence-corrected chi connectivity index (χ0v) is 20.3. The van der Waals surface area contributed by atoms with Crippen LogP contribution in [0.3, 0.4) is 0 Å². The number of piperazine rings is 1. The molecule has 0 spiro atoms. The maximum absolute atomic E-state index is 13.2. The maximum Gasteiger partial charge on any atom is 0.225 e. The smallest absolute Gasteiger partial charge is 0.225 e. The van der Waals surface area contributed by atoms with Crippen molar-refractivity contribution >= 4 is 28.3 Å². The Hall–Kier alpha value is -3.00. The molecule has 0 N–H and O–H groups in total. The molecule has 178 valence electrons. The quantitative estimate of drug-likeness (QED) is 0.551. The average Bonchev–Trinajstić information content (AvgIpc) is 3.34. The number of anilines is 2. The van der Waals surface area contributed by atoms with Gasteiger partial charge in [-0.1, -0.05) is 30.3 Å². The predicted molar refractivity (Wildman–Crippen MR) is 134 cm³/mol. The van der Waals surface area contributed by atoms with Gasteiger partial charge in [0.1, 0.15) is 11.6 Å². The number of aryl methyl sites for hydroxylation is 1. The molecule has 0 bridgehead atoms.